The second kappa shape index (κ2) is 8.74. The summed E-state index contributed by atoms with van der Waals surface area (Å²) in [4.78, 5) is 11.3. The normalized spacial score (nSPS) is 23.4. The molecule has 4 heterocycles. The van der Waals surface area contributed by atoms with Crippen LogP contribution >= 0.6 is 0 Å². The average Bonchev–Trinajstić information content (AvgIpc) is 3.46. The fourth-order valence-electron chi connectivity index (χ4n) is 5.13. The molecule has 176 valence electrons. The molecule has 32 heavy (non-hydrogen) atoms. The van der Waals surface area contributed by atoms with Gasteiger partial charge in [0.1, 0.15) is 23.0 Å². The molecule has 0 amide bonds. The first-order chi connectivity index (χ1) is 15.1. The van der Waals surface area contributed by atoms with Gasteiger partial charge in [0.15, 0.2) is 0 Å². The molecule has 2 atom stereocenters. The van der Waals surface area contributed by atoms with E-state index in [0.717, 1.165) is 68.6 Å². The summed E-state index contributed by atoms with van der Waals surface area (Å²) in [5.41, 5.74) is 2.08. The molecule has 0 aromatic rings. The van der Waals surface area contributed by atoms with E-state index in [1.807, 2.05) is 0 Å². The van der Waals surface area contributed by atoms with Crippen LogP contribution in [-0.4, -0.2) is 22.8 Å². The molecule has 4 bridgehead atoms. The molecule has 4 aliphatic heterocycles. The summed E-state index contributed by atoms with van der Waals surface area (Å²) in [6.45, 7) is 8.06. The van der Waals surface area contributed by atoms with Crippen LogP contribution in [0, 0.1) is 22.7 Å². The van der Waals surface area contributed by atoms with Gasteiger partial charge in [0.25, 0.3) is 0 Å². The van der Waals surface area contributed by atoms with Crippen molar-refractivity contribution in [2.75, 3.05) is 6.61 Å². The molecule has 2 aliphatic carbocycles. The first-order valence-electron chi connectivity index (χ1n) is 12.2. The summed E-state index contributed by atoms with van der Waals surface area (Å²) in [6.07, 6.45) is 13.5. The molecular formula is C27H38O5. The first-order valence-corrected chi connectivity index (χ1v) is 12.2. The molecule has 0 spiro atoms. The van der Waals surface area contributed by atoms with E-state index in [1.165, 1.54) is 16.9 Å². The Morgan fingerprint density at radius 1 is 0.875 bits per heavy atom. The Morgan fingerprint density at radius 3 is 1.94 bits per heavy atom. The molecule has 2 unspecified atom stereocenters. The summed E-state index contributed by atoms with van der Waals surface area (Å²) in [5.74, 6) is 4.54. The zero-order chi connectivity index (χ0) is 23.1. The standard InChI is InChI=1S/C27H38O5/c1-26(2,16-28)12-6-9-18-15-21-19(24(18)31-21)10-5-8-17-14-22-20(23(17)32-22)11-7-13-27(3,4)25(29)30/h14-15,17-18,28H,5-13,16H2,1-4H3,(H,29,30). The van der Waals surface area contributed by atoms with E-state index < -0.39 is 11.4 Å². The Hall–Kier alpha value is -2.01. The van der Waals surface area contributed by atoms with Crippen LogP contribution in [0.2, 0.25) is 0 Å². The zero-order valence-corrected chi connectivity index (χ0v) is 20.0. The van der Waals surface area contributed by atoms with E-state index in [1.54, 1.807) is 13.8 Å². The van der Waals surface area contributed by atoms with Gasteiger partial charge in [-0.2, -0.15) is 0 Å². The van der Waals surface area contributed by atoms with Gasteiger partial charge >= 0.3 is 5.97 Å². The van der Waals surface area contributed by atoms with Crippen LogP contribution in [0.15, 0.2) is 46.3 Å². The number of fused-ring (bicyclic) bond motifs is 2. The quantitative estimate of drug-likeness (QED) is 0.334. The molecule has 0 fully saturated rings. The molecular weight excluding hydrogens is 404 g/mol. The van der Waals surface area contributed by atoms with Crippen LogP contribution in [0.4, 0.5) is 0 Å². The van der Waals surface area contributed by atoms with Gasteiger partial charge in [0, 0.05) is 29.6 Å². The number of aliphatic hydroxyl groups excluding tert-OH is 1. The summed E-state index contributed by atoms with van der Waals surface area (Å²) in [7, 11) is 0. The molecule has 5 nitrogen and oxygen atoms in total. The van der Waals surface area contributed by atoms with Gasteiger partial charge in [-0.3, -0.25) is 4.79 Å². The van der Waals surface area contributed by atoms with E-state index in [9.17, 15) is 15.0 Å². The fraction of sp³-hybridized carbons (Fsp3) is 0.667. The maximum absolute atomic E-state index is 11.3. The van der Waals surface area contributed by atoms with Crippen LogP contribution < -0.4 is 0 Å². The van der Waals surface area contributed by atoms with Gasteiger partial charge in [-0.15, -0.1) is 0 Å². The lowest BCUT2D eigenvalue weighted by Crippen LogP contribution is -2.23. The fourth-order valence-corrected chi connectivity index (χ4v) is 5.13. The smallest absolute Gasteiger partial charge is 0.309 e. The predicted octanol–water partition coefficient (Wildman–Crippen LogP) is 6.22. The molecule has 0 aromatic carbocycles. The number of hydrogen-bond acceptors (Lipinski definition) is 4. The minimum atomic E-state index is -0.726. The van der Waals surface area contributed by atoms with Crippen molar-refractivity contribution in [2.24, 2.45) is 22.7 Å². The molecule has 0 aromatic heterocycles. The number of rotatable bonds is 14. The lowest BCUT2D eigenvalue weighted by Gasteiger charge is -2.26. The summed E-state index contributed by atoms with van der Waals surface area (Å²) >= 11 is 0. The molecule has 2 N–H and O–H groups in total. The highest BCUT2D eigenvalue weighted by Crippen LogP contribution is 2.51. The Bertz CT molecular complexity index is 899. The van der Waals surface area contributed by atoms with E-state index in [-0.39, 0.29) is 12.0 Å². The Balaban J connectivity index is 1.19. The third-order valence-electron chi connectivity index (χ3n) is 7.55. The number of hydrogen-bond donors (Lipinski definition) is 2. The maximum Gasteiger partial charge on any atom is 0.309 e. The van der Waals surface area contributed by atoms with Crippen molar-refractivity contribution >= 4 is 5.97 Å². The van der Waals surface area contributed by atoms with E-state index >= 15 is 0 Å². The van der Waals surface area contributed by atoms with Crippen LogP contribution in [0.5, 0.6) is 0 Å². The van der Waals surface area contributed by atoms with Crippen LogP contribution in [0.1, 0.15) is 85.5 Å². The van der Waals surface area contributed by atoms with Crippen LogP contribution in [0.25, 0.3) is 0 Å². The van der Waals surface area contributed by atoms with E-state index in [2.05, 4.69) is 26.0 Å². The Labute approximate surface area is 191 Å². The van der Waals surface area contributed by atoms with Gasteiger partial charge in [-0.1, -0.05) is 20.3 Å². The second-order valence-electron chi connectivity index (χ2n) is 11.3. The van der Waals surface area contributed by atoms with Crippen molar-refractivity contribution in [3.63, 3.8) is 0 Å². The predicted molar refractivity (Wildman–Crippen MR) is 123 cm³/mol. The number of aliphatic carboxylic acids is 1. The molecule has 0 radical (unpaired) electrons. The van der Waals surface area contributed by atoms with Crippen molar-refractivity contribution < 1.29 is 24.5 Å². The third kappa shape index (κ3) is 4.54. The number of carboxylic acid groups (broad SMARTS) is 1. The highest BCUT2D eigenvalue weighted by atomic mass is 16.5. The Morgan fingerprint density at radius 2 is 1.41 bits per heavy atom. The van der Waals surface area contributed by atoms with Crippen molar-refractivity contribution in [3.8, 4) is 0 Å². The molecule has 0 saturated heterocycles. The number of aliphatic hydroxyl groups is 1. The Kier molecular flexibility index (Phi) is 6.32. The van der Waals surface area contributed by atoms with Crippen LogP contribution in [0.3, 0.4) is 0 Å². The molecule has 0 saturated carbocycles. The monoisotopic (exact) mass is 442 g/mol. The van der Waals surface area contributed by atoms with Crippen molar-refractivity contribution in [2.45, 2.75) is 85.5 Å². The van der Waals surface area contributed by atoms with E-state index in [0.29, 0.717) is 18.3 Å². The molecule has 5 heteroatoms. The van der Waals surface area contributed by atoms with Gasteiger partial charge in [0.2, 0.25) is 0 Å². The summed E-state index contributed by atoms with van der Waals surface area (Å²) < 4.78 is 11.7. The maximum atomic E-state index is 11.3. The molecule has 6 rings (SSSR count). The largest absolute Gasteiger partial charge is 0.481 e. The van der Waals surface area contributed by atoms with Crippen molar-refractivity contribution in [1.29, 1.82) is 0 Å². The number of allylic oxidation sites excluding steroid dienone is 4. The topological polar surface area (TPSA) is 76.0 Å². The third-order valence-corrected chi connectivity index (χ3v) is 7.55. The van der Waals surface area contributed by atoms with Gasteiger partial charge < -0.3 is 19.7 Å². The average molecular weight is 443 g/mol. The number of carbonyl (C=O) groups is 1. The summed E-state index contributed by atoms with van der Waals surface area (Å²) in [6, 6.07) is 0. The van der Waals surface area contributed by atoms with Crippen LogP contribution in [-0.2, 0) is 14.3 Å². The minimum absolute atomic E-state index is 0.00526. The second-order valence-corrected chi connectivity index (χ2v) is 11.3. The minimum Gasteiger partial charge on any atom is -0.481 e. The highest BCUT2D eigenvalue weighted by Gasteiger charge is 2.40. The number of ether oxygens (including phenoxy) is 2. The lowest BCUT2D eigenvalue weighted by atomic mass is 9.86. The van der Waals surface area contributed by atoms with Gasteiger partial charge in [-0.25, -0.2) is 0 Å². The zero-order valence-electron chi connectivity index (χ0n) is 20.0. The number of carboxylic acids is 1. The molecule has 6 aliphatic rings. The lowest BCUT2D eigenvalue weighted by molar-refractivity contribution is -0.147. The van der Waals surface area contributed by atoms with Gasteiger partial charge in [-0.05, 0) is 82.8 Å². The van der Waals surface area contributed by atoms with Crippen molar-refractivity contribution in [1.82, 2.24) is 0 Å². The van der Waals surface area contributed by atoms with Crippen molar-refractivity contribution in [3.05, 3.63) is 46.3 Å². The van der Waals surface area contributed by atoms with Gasteiger partial charge in [0.05, 0.1) is 5.41 Å². The first kappa shape index (κ1) is 23.2. The SMILES string of the molecule is CC(C)(CO)CCCC1C=C2OC1=C2CCCC1C=C2OC1=C2CCCC(C)(C)C(=O)O. The highest BCUT2D eigenvalue weighted by molar-refractivity contribution is 5.73. The van der Waals surface area contributed by atoms with E-state index in [4.69, 9.17) is 9.47 Å². The summed E-state index contributed by atoms with van der Waals surface area (Å²) in [5, 5.41) is 18.7.